The molecule has 0 saturated carbocycles. The average Bonchev–Trinajstić information content (AvgIpc) is 2.91. The third-order valence-electron chi connectivity index (χ3n) is 3.39. The Morgan fingerprint density at radius 1 is 1.43 bits per heavy atom. The number of aromatic nitrogens is 1. The fraction of sp³-hybridized carbons (Fsp3) is 0.267. The number of amides is 1. The van der Waals surface area contributed by atoms with Gasteiger partial charge in [-0.2, -0.15) is 0 Å². The van der Waals surface area contributed by atoms with Crippen LogP contribution in [0.2, 0.25) is 0 Å². The van der Waals surface area contributed by atoms with Crippen molar-refractivity contribution in [3.05, 3.63) is 36.0 Å². The third-order valence-corrected chi connectivity index (χ3v) is 4.12. The van der Waals surface area contributed by atoms with Crippen LogP contribution in [0.25, 0.3) is 10.9 Å². The summed E-state index contributed by atoms with van der Waals surface area (Å²) in [5.74, 6) is -0.677. The number of thioether (sulfide) groups is 1. The Balaban J connectivity index is 1.83. The van der Waals surface area contributed by atoms with Crippen LogP contribution in [0.1, 0.15) is 16.8 Å². The number of benzene rings is 1. The summed E-state index contributed by atoms with van der Waals surface area (Å²) in [6.07, 6.45) is 4.05. The van der Waals surface area contributed by atoms with Gasteiger partial charge in [0.05, 0.1) is 17.7 Å². The van der Waals surface area contributed by atoms with E-state index >= 15 is 0 Å². The molecule has 3 rings (SSSR count). The van der Waals surface area contributed by atoms with Gasteiger partial charge < -0.3 is 10.1 Å². The molecular formula is C15H14N2O3S. The molecule has 0 spiro atoms. The van der Waals surface area contributed by atoms with Crippen molar-refractivity contribution in [3.8, 4) is 0 Å². The highest BCUT2D eigenvalue weighted by molar-refractivity contribution is 7.98. The van der Waals surface area contributed by atoms with Gasteiger partial charge in [-0.05, 0) is 24.5 Å². The number of pyridine rings is 1. The maximum absolute atomic E-state index is 12.1. The number of nitrogens with one attached hydrogen (secondary N) is 1. The summed E-state index contributed by atoms with van der Waals surface area (Å²) in [6, 6.07) is 7.14. The molecule has 1 atom stereocenters. The number of hydrogen-bond acceptors (Lipinski definition) is 5. The van der Waals surface area contributed by atoms with Crippen LogP contribution >= 0.6 is 11.8 Å². The Morgan fingerprint density at radius 3 is 3.00 bits per heavy atom. The number of esters is 1. The first-order valence-electron chi connectivity index (χ1n) is 6.58. The van der Waals surface area contributed by atoms with Gasteiger partial charge in [-0.25, -0.2) is 4.79 Å². The van der Waals surface area contributed by atoms with E-state index in [1.54, 1.807) is 17.8 Å². The maximum Gasteiger partial charge on any atom is 0.328 e. The summed E-state index contributed by atoms with van der Waals surface area (Å²) in [4.78, 5) is 29.0. The van der Waals surface area contributed by atoms with E-state index in [9.17, 15) is 9.59 Å². The molecule has 21 heavy (non-hydrogen) atoms. The zero-order chi connectivity index (χ0) is 14.8. The summed E-state index contributed by atoms with van der Waals surface area (Å²) in [5, 5.41) is 3.57. The average molecular weight is 302 g/mol. The number of fused-ring (bicyclic) bond motifs is 1. The number of hydrogen-bond donors (Lipinski definition) is 1. The zero-order valence-electron chi connectivity index (χ0n) is 11.5. The molecule has 1 N–H and O–H groups in total. The van der Waals surface area contributed by atoms with E-state index in [1.165, 1.54) is 6.20 Å². The second-order valence-corrected chi connectivity index (χ2v) is 5.64. The van der Waals surface area contributed by atoms with Gasteiger partial charge in [0.2, 0.25) is 0 Å². The Bertz CT molecular complexity index is 717. The maximum atomic E-state index is 12.1. The molecule has 2 heterocycles. The first-order valence-corrected chi connectivity index (χ1v) is 7.81. The van der Waals surface area contributed by atoms with Crippen LogP contribution in [0, 0.1) is 0 Å². The molecule has 0 bridgehead atoms. The van der Waals surface area contributed by atoms with Crippen LogP contribution in [0.15, 0.2) is 35.4 Å². The van der Waals surface area contributed by atoms with Gasteiger partial charge in [0.25, 0.3) is 5.91 Å². The van der Waals surface area contributed by atoms with Crippen molar-refractivity contribution in [1.29, 1.82) is 0 Å². The van der Waals surface area contributed by atoms with Gasteiger partial charge in [-0.3, -0.25) is 9.78 Å². The molecule has 6 heteroatoms. The van der Waals surface area contributed by atoms with Crippen LogP contribution in [-0.4, -0.2) is 35.8 Å². The molecule has 1 fully saturated rings. The molecule has 0 unspecified atom stereocenters. The summed E-state index contributed by atoms with van der Waals surface area (Å²) >= 11 is 1.65. The fourth-order valence-electron chi connectivity index (χ4n) is 2.22. The molecule has 108 valence electrons. The molecule has 5 nitrogen and oxygen atoms in total. The molecule has 1 saturated heterocycles. The number of nitrogens with zero attached hydrogens (tertiary/aromatic N) is 1. The minimum Gasteiger partial charge on any atom is -0.464 e. The van der Waals surface area contributed by atoms with E-state index in [0.717, 1.165) is 15.8 Å². The number of ether oxygens (including phenoxy) is 1. The van der Waals surface area contributed by atoms with Gasteiger partial charge in [0.1, 0.15) is 6.04 Å². The van der Waals surface area contributed by atoms with Gasteiger partial charge in [-0.1, -0.05) is 6.07 Å². The predicted molar refractivity (Wildman–Crippen MR) is 80.4 cm³/mol. The van der Waals surface area contributed by atoms with Gasteiger partial charge >= 0.3 is 5.97 Å². The summed E-state index contributed by atoms with van der Waals surface area (Å²) < 4.78 is 4.83. The van der Waals surface area contributed by atoms with Gasteiger partial charge in [0.15, 0.2) is 0 Å². The van der Waals surface area contributed by atoms with Crippen LogP contribution in [0.3, 0.4) is 0 Å². The lowest BCUT2D eigenvalue weighted by Gasteiger charge is -2.09. The Morgan fingerprint density at radius 2 is 2.29 bits per heavy atom. The highest BCUT2D eigenvalue weighted by atomic mass is 32.2. The third kappa shape index (κ3) is 2.85. The number of cyclic esters (lactones) is 1. The summed E-state index contributed by atoms with van der Waals surface area (Å²) in [7, 11) is 0. The number of rotatable bonds is 3. The molecule has 2 aromatic rings. The van der Waals surface area contributed by atoms with Crippen molar-refractivity contribution in [2.24, 2.45) is 0 Å². The van der Waals surface area contributed by atoms with Crippen LogP contribution in [-0.2, 0) is 9.53 Å². The minimum absolute atomic E-state index is 0.304. The van der Waals surface area contributed by atoms with Crippen molar-refractivity contribution in [1.82, 2.24) is 10.3 Å². The number of carbonyl (C=O) groups excluding carboxylic acids is 2. The molecule has 1 aliphatic rings. The Hall–Kier alpha value is -2.08. The largest absolute Gasteiger partial charge is 0.464 e. The van der Waals surface area contributed by atoms with E-state index in [4.69, 9.17) is 4.74 Å². The van der Waals surface area contributed by atoms with Crippen LogP contribution in [0.4, 0.5) is 0 Å². The molecule has 1 aliphatic heterocycles. The van der Waals surface area contributed by atoms with Gasteiger partial charge in [-0.15, -0.1) is 11.8 Å². The second-order valence-electron chi connectivity index (χ2n) is 4.76. The minimum atomic E-state index is -0.549. The van der Waals surface area contributed by atoms with Crippen molar-refractivity contribution in [2.45, 2.75) is 17.4 Å². The van der Waals surface area contributed by atoms with Crippen molar-refractivity contribution >= 4 is 34.5 Å². The smallest absolute Gasteiger partial charge is 0.328 e. The van der Waals surface area contributed by atoms with Crippen molar-refractivity contribution in [3.63, 3.8) is 0 Å². The Kier molecular flexibility index (Phi) is 3.79. The second kappa shape index (κ2) is 5.73. The molecule has 0 aliphatic carbocycles. The fourth-order valence-corrected chi connectivity index (χ4v) is 2.65. The lowest BCUT2D eigenvalue weighted by atomic mass is 10.1. The summed E-state index contributed by atoms with van der Waals surface area (Å²) in [5.41, 5.74) is 1.29. The first kappa shape index (κ1) is 13.9. The Labute approximate surface area is 126 Å². The van der Waals surface area contributed by atoms with Crippen molar-refractivity contribution in [2.75, 3.05) is 12.9 Å². The van der Waals surface area contributed by atoms with E-state index in [-0.39, 0.29) is 11.9 Å². The van der Waals surface area contributed by atoms with E-state index in [0.29, 0.717) is 18.6 Å². The van der Waals surface area contributed by atoms with Crippen LogP contribution < -0.4 is 5.32 Å². The number of carbonyl (C=O) groups is 2. The quantitative estimate of drug-likeness (QED) is 0.694. The summed E-state index contributed by atoms with van der Waals surface area (Å²) in [6.45, 7) is 0.358. The topological polar surface area (TPSA) is 68.3 Å². The monoisotopic (exact) mass is 302 g/mol. The standard InChI is InChI=1S/C15H14N2O3S/c1-21-11-3-2-9-6-10(8-16-13(9)7-11)14(18)17-12-4-5-20-15(12)19/h2-3,6-8,12H,4-5H2,1H3,(H,17,18)/t12-/m0/s1. The van der Waals surface area contributed by atoms with Crippen LogP contribution in [0.5, 0.6) is 0 Å². The normalized spacial score (nSPS) is 17.8. The molecule has 1 aromatic heterocycles. The molecule has 1 amide bonds. The van der Waals surface area contributed by atoms with E-state index in [2.05, 4.69) is 10.3 Å². The highest BCUT2D eigenvalue weighted by Gasteiger charge is 2.28. The first-order chi connectivity index (χ1) is 10.2. The van der Waals surface area contributed by atoms with E-state index in [1.807, 2.05) is 24.5 Å². The van der Waals surface area contributed by atoms with Gasteiger partial charge in [0, 0.05) is 22.9 Å². The SMILES string of the molecule is CSc1ccc2cc(C(=O)N[C@H]3CCOC3=O)cnc2c1. The molecule has 0 radical (unpaired) electrons. The lowest BCUT2D eigenvalue weighted by Crippen LogP contribution is -2.37. The zero-order valence-corrected chi connectivity index (χ0v) is 12.3. The molecule has 1 aromatic carbocycles. The highest BCUT2D eigenvalue weighted by Crippen LogP contribution is 2.21. The van der Waals surface area contributed by atoms with Crippen molar-refractivity contribution < 1.29 is 14.3 Å². The lowest BCUT2D eigenvalue weighted by molar-refractivity contribution is -0.139. The predicted octanol–water partition coefficient (Wildman–Crippen LogP) is 2.00. The van der Waals surface area contributed by atoms with E-state index < -0.39 is 6.04 Å². The molecular weight excluding hydrogens is 288 g/mol.